The number of aliphatic hydroxyl groups excluding tert-OH is 1. The predicted octanol–water partition coefficient (Wildman–Crippen LogP) is 4.42. The number of aliphatic hydroxyl groups is 1. The highest BCUT2D eigenvalue weighted by molar-refractivity contribution is 7.19. The van der Waals surface area contributed by atoms with Crippen LogP contribution in [-0.4, -0.2) is 17.3 Å². The number of benzene rings is 1. The average molecular weight is 306 g/mol. The molecule has 1 N–H and O–H groups in total. The molecule has 112 valence electrons. The van der Waals surface area contributed by atoms with Crippen molar-refractivity contribution in [1.29, 1.82) is 0 Å². The Labute approximate surface area is 127 Å². The molecule has 2 aromatic rings. The molecular weight excluding hydrogens is 287 g/mol. The Morgan fingerprint density at radius 1 is 1.33 bits per heavy atom. The van der Waals surface area contributed by atoms with Crippen LogP contribution in [0.1, 0.15) is 43.1 Å². The van der Waals surface area contributed by atoms with E-state index >= 15 is 0 Å². The first kappa shape index (κ1) is 13.7. The third-order valence-corrected chi connectivity index (χ3v) is 6.22. The van der Waals surface area contributed by atoms with Gasteiger partial charge in [-0.1, -0.05) is 0 Å². The Morgan fingerprint density at radius 2 is 2.19 bits per heavy atom. The van der Waals surface area contributed by atoms with Crippen LogP contribution < -0.4 is 0 Å². The van der Waals surface area contributed by atoms with Gasteiger partial charge in [-0.2, -0.15) is 0 Å². The van der Waals surface area contributed by atoms with Crippen LogP contribution in [0.3, 0.4) is 0 Å². The quantitative estimate of drug-likeness (QED) is 0.890. The van der Waals surface area contributed by atoms with Gasteiger partial charge in [0, 0.05) is 16.2 Å². The van der Waals surface area contributed by atoms with E-state index in [9.17, 15) is 9.50 Å². The molecule has 2 nitrogen and oxygen atoms in total. The van der Waals surface area contributed by atoms with E-state index in [1.807, 2.05) is 6.07 Å². The molecule has 1 saturated carbocycles. The van der Waals surface area contributed by atoms with Gasteiger partial charge in [-0.3, -0.25) is 0 Å². The maximum Gasteiger partial charge on any atom is 0.123 e. The second kappa shape index (κ2) is 5.04. The Kier molecular flexibility index (Phi) is 3.28. The molecule has 4 heteroatoms. The van der Waals surface area contributed by atoms with E-state index in [2.05, 4.69) is 0 Å². The summed E-state index contributed by atoms with van der Waals surface area (Å²) in [4.78, 5) is 0.956. The van der Waals surface area contributed by atoms with Gasteiger partial charge in [0.05, 0.1) is 11.7 Å². The molecule has 0 amide bonds. The minimum Gasteiger partial charge on any atom is -0.387 e. The summed E-state index contributed by atoms with van der Waals surface area (Å²) in [5.41, 5.74) is 0.0483. The topological polar surface area (TPSA) is 29.5 Å². The van der Waals surface area contributed by atoms with Gasteiger partial charge in [-0.25, -0.2) is 4.39 Å². The summed E-state index contributed by atoms with van der Waals surface area (Å²) in [7, 11) is 0. The van der Waals surface area contributed by atoms with Crippen LogP contribution >= 0.6 is 11.3 Å². The highest BCUT2D eigenvalue weighted by Gasteiger charge is 2.44. The summed E-state index contributed by atoms with van der Waals surface area (Å²) in [6, 6.07) is 6.76. The summed E-state index contributed by atoms with van der Waals surface area (Å²) in [6.45, 7) is 0.751. The molecule has 2 atom stereocenters. The number of fused-ring (bicyclic) bond motifs is 1. The molecule has 1 aromatic carbocycles. The largest absolute Gasteiger partial charge is 0.387 e. The zero-order valence-corrected chi connectivity index (χ0v) is 12.7. The van der Waals surface area contributed by atoms with Crippen molar-refractivity contribution < 1.29 is 14.2 Å². The lowest BCUT2D eigenvalue weighted by Crippen LogP contribution is -2.46. The van der Waals surface area contributed by atoms with E-state index in [1.54, 1.807) is 23.5 Å². The maximum atomic E-state index is 13.3. The molecule has 2 fully saturated rings. The van der Waals surface area contributed by atoms with Crippen LogP contribution in [0.2, 0.25) is 0 Å². The predicted molar refractivity (Wildman–Crippen MR) is 82.0 cm³/mol. The molecule has 0 radical (unpaired) electrons. The van der Waals surface area contributed by atoms with Crippen LogP contribution in [0.4, 0.5) is 4.39 Å². The SMILES string of the molecule is OC(c1cc2cc(F)ccc2s1)C1CCOC2(CCC2)C1. The fraction of sp³-hybridized carbons (Fsp3) is 0.529. The highest BCUT2D eigenvalue weighted by atomic mass is 32.1. The van der Waals surface area contributed by atoms with E-state index in [4.69, 9.17) is 4.74 Å². The molecule has 0 bridgehead atoms. The summed E-state index contributed by atoms with van der Waals surface area (Å²) in [5, 5.41) is 11.6. The van der Waals surface area contributed by atoms with Crippen LogP contribution in [0.15, 0.2) is 24.3 Å². The van der Waals surface area contributed by atoms with Crippen LogP contribution in [-0.2, 0) is 4.74 Å². The molecule has 1 aliphatic carbocycles. The summed E-state index contributed by atoms with van der Waals surface area (Å²) in [5.74, 6) is 0.0396. The second-order valence-electron chi connectivity index (χ2n) is 6.41. The normalized spacial score (nSPS) is 25.9. The van der Waals surface area contributed by atoms with E-state index in [-0.39, 0.29) is 17.3 Å². The van der Waals surface area contributed by atoms with Crippen molar-refractivity contribution in [3.63, 3.8) is 0 Å². The van der Waals surface area contributed by atoms with E-state index in [0.29, 0.717) is 0 Å². The van der Waals surface area contributed by atoms with Crippen molar-refractivity contribution in [2.45, 2.75) is 43.8 Å². The van der Waals surface area contributed by atoms with Gasteiger partial charge in [0.25, 0.3) is 0 Å². The summed E-state index contributed by atoms with van der Waals surface area (Å²) in [6.07, 6.45) is 4.92. The molecule has 2 heterocycles. The molecule has 21 heavy (non-hydrogen) atoms. The number of rotatable bonds is 2. The number of ether oxygens (including phenoxy) is 1. The molecule has 2 unspecified atom stereocenters. The average Bonchev–Trinajstić information content (AvgIpc) is 2.88. The van der Waals surface area contributed by atoms with Crippen LogP contribution in [0.5, 0.6) is 0 Å². The molecule has 1 aromatic heterocycles. The number of halogens is 1. The number of hydrogen-bond acceptors (Lipinski definition) is 3. The second-order valence-corrected chi connectivity index (χ2v) is 7.53. The van der Waals surface area contributed by atoms with Crippen molar-refractivity contribution in [3.8, 4) is 0 Å². The van der Waals surface area contributed by atoms with Gasteiger partial charge in [-0.15, -0.1) is 11.3 Å². The fourth-order valence-electron chi connectivity index (χ4n) is 3.67. The van der Waals surface area contributed by atoms with Crippen LogP contribution in [0.25, 0.3) is 10.1 Å². The zero-order chi connectivity index (χ0) is 14.4. The Balaban J connectivity index is 1.58. The number of thiophene rings is 1. The monoisotopic (exact) mass is 306 g/mol. The van der Waals surface area contributed by atoms with E-state index < -0.39 is 6.10 Å². The van der Waals surface area contributed by atoms with Gasteiger partial charge >= 0.3 is 0 Å². The lowest BCUT2D eigenvalue weighted by atomic mass is 9.70. The van der Waals surface area contributed by atoms with Gasteiger partial charge in [-0.05, 0) is 67.7 Å². The van der Waals surface area contributed by atoms with Gasteiger partial charge in [0.2, 0.25) is 0 Å². The Bertz CT molecular complexity index is 662. The van der Waals surface area contributed by atoms with Gasteiger partial charge < -0.3 is 9.84 Å². The zero-order valence-electron chi connectivity index (χ0n) is 11.8. The summed E-state index contributed by atoms with van der Waals surface area (Å²) < 4.78 is 20.3. The first-order chi connectivity index (χ1) is 10.2. The van der Waals surface area contributed by atoms with Crippen molar-refractivity contribution in [2.75, 3.05) is 6.61 Å². The van der Waals surface area contributed by atoms with Crippen molar-refractivity contribution >= 4 is 21.4 Å². The molecule has 2 aliphatic rings. The van der Waals surface area contributed by atoms with E-state index in [1.165, 1.54) is 12.5 Å². The van der Waals surface area contributed by atoms with Gasteiger partial charge in [0.1, 0.15) is 5.82 Å². The third-order valence-electron chi connectivity index (χ3n) is 5.03. The number of hydrogen-bond donors (Lipinski definition) is 1. The molecule has 1 saturated heterocycles. The first-order valence-electron chi connectivity index (χ1n) is 7.66. The third kappa shape index (κ3) is 2.39. The Hall–Kier alpha value is -0.970. The lowest BCUT2D eigenvalue weighted by molar-refractivity contribution is -0.157. The fourth-order valence-corrected chi connectivity index (χ4v) is 4.79. The standard InChI is InChI=1S/C17H19FO2S/c18-13-2-3-14-12(8-13)9-15(21-14)16(19)11-4-7-20-17(10-11)5-1-6-17/h2-3,8-9,11,16,19H,1,4-7,10H2. The van der Waals surface area contributed by atoms with Crippen molar-refractivity contribution in [3.05, 3.63) is 35.0 Å². The lowest BCUT2D eigenvalue weighted by Gasteiger charge is -2.48. The molecule has 1 aliphatic heterocycles. The minimum absolute atomic E-state index is 0.0483. The van der Waals surface area contributed by atoms with Crippen LogP contribution in [0, 0.1) is 11.7 Å². The van der Waals surface area contributed by atoms with Crippen molar-refractivity contribution in [2.24, 2.45) is 5.92 Å². The first-order valence-corrected chi connectivity index (χ1v) is 8.48. The molecule has 1 spiro atoms. The van der Waals surface area contributed by atoms with Gasteiger partial charge in [0.15, 0.2) is 0 Å². The Morgan fingerprint density at radius 3 is 2.95 bits per heavy atom. The van der Waals surface area contributed by atoms with E-state index in [0.717, 1.165) is 47.3 Å². The molecular formula is C17H19FO2S. The maximum absolute atomic E-state index is 13.3. The smallest absolute Gasteiger partial charge is 0.123 e. The van der Waals surface area contributed by atoms with Crippen molar-refractivity contribution in [1.82, 2.24) is 0 Å². The highest BCUT2D eigenvalue weighted by Crippen LogP contribution is 2.48. The summed E-state index contributed by atoms with van der Waals surface area (Å²) >= 11 is 1.58. The minimum atomic E-state index is -0.452. The molecule has 4 rings (SSSR count).